The van der Waals surface area contributed by atoms with Gasteiger partial charge in [-0.05, 0) is 32.3 Å². The van der Waals surface area contributed by atoms with Gasteiger partial charge in [0.15, 0.2) is 0 Å². The summed E-state index contributed by atoms with van der Waals surface area (Å²) in [5, 5.41) is 6.51. The third-order valence-electron chi connectivity index (χ3n) is 3.28. The lowest BCUT2D eigenvalue weighted by atomic mass is 10.1. The molecule has 2 rings (SSSR count). The molecular formula is C14H22N4S. The van der Waals surface area contributed by atoms with Crippen LogP contribution in [0.15, 0.2) is 29.9 Å². The highest BCUT2D eigenvalue weighted by molar-refractivity contribution is 7.09. The minimum atomic E-state index is 0.217. The third kappa shape index (κ3) is 3.43. The van der Waals surface area contributed by atoms with Crippen molar-refractivity contribution in [1.29, 1.82) is 0 Å². The van der Waals surface area contributed by atoms with Gasteiger partial charge in [0.1, 0.15) is 0 Å². The zero-order chi connectivity index (χ0) is 13.8. The van der Waals surface area contributed by atoms with E-state index in [9.17, 15) is 0 Å². The summed E-state index contributed by atoms with van der Waals surface area (Å²) in [5.74, 6) is 0. The summed E-state index contributed by atoms with van der Waals surface area (Å²) in [6, 6.07) is 4.85. The van der Waals surface area contributed by atoms with Gasteiger partial charge in [-0.2, -0.15) is 5.10 Å². The van der Waals surface area contributed by atoms with E-state index in [2.05, 4.69) is 54.6 Å². The molecule has 1 atom stereocenters. The zero-order valence-corrected chi connectivity index (χ0v) is 12.6. The second kappa shape index (κ2) is 6.32. The maximum atomic E-state index is 5.94. The van der Waals surface area contributed by atoms with Crippen LogP contribution in [0.1, 0.15) is 36.4 Å². The summed E-state index contributed by atoms with van der Waals surface area (Å²) in [5.41, 5.74) is 7.13. The molecule has 19 heavy (non-hydrogen) atoms. The first-order valence-electron chi connectivity index (χ1n) is 6.58. The Labute approximate surface area is 118 Å². The minimum absolute atomic E-state index is 0.217. The van der Waals surface area contributed by atoms with Gasteiger partial charge < -0.3 is 5.73 Å². The molecule has 1 unspecified atom stereocenters. The number of hydrogen-bond acceptors (Lipinski definition) is 4. The van der Waals surface area contributed by atoms with Crippen molar-refractivity contribution < 1.29 is 0 Å². The van der Waals surface area contributed by atoms with Gasteiger partial charge in [0.2, 0.25) is 0 Å². The van der Waals surface area contributed by atoms with Gasteiger partial charge in [0.25, 0.3) is 0 Å². The van der Waals surface area contributed by atoms with Gasteiger partial charge in [-0.1, -0.05) is 6.07 Å². The van der Waals surface area contributed by atoms with E-state index in [1.54, 1.807) is 11.3 Å². The van der Waals surface area contributed by atoms with Crippen molar-refractivity contribution in [3.8, 4) is 0 Å². The molecule has 0 amide bonds. The summed E-state index contributed by atoms with van der Waals surface area (Å²) >= 11 is 1.78. The van der Waals surface area contributed by atoms with Gasteiger partial charge in [-0.25, -0.2) is 0 Å². The quantitative estimate of drug-likeness (QED) is 0.883. The van der Waals surface area contributed by atoms with Gasteiger partial charge in [-0.15, -0.1) is 11.3 Å². The van der Waals surface area contributed by atoms with Crippen LogP contribution in [0.2, 0.25) is 0 Å². The molecule has 104 valence electrons. The van der Waals surface area contributed by atoms with E-state index in [0.717, 1.165) is 6.54 Å². The molecule has 0 radical (unpaired) electrons. The van der Waals surface area contributed by atoms with Gasteiger partial charge in [-0.3, -0.25) is 9.58 Å². The first-order valence-corrected chi connectivity index (χ1v) is 7.46. The fourth-order valence-corrected chi connectivity index (χ4v) is 2.90. The molecule has 0 spiro atoms. The normalized spacial score (nSPS) is 13.4. The van der Waals surface area contributed by atoms with Crippen molar-refractivity contribution >= 4 is 11.3 Å². The van der Waals surface area contributed by atoms with E-state index in [-0.39, 0.29) is 6.04 Å². The van der Waals surface area contributed by atoms with E-state index in [1.165, 1.54) is 10.4 Å². The maximum Gasteiger partial charge on any atom is 0.0538 e. The number of thiophene rings is 1. The molecule has 2 aromatic heterocycles. The minimum Gasteiger partial charge on any atom is -0.329 e. The average molecular weight is 278 g/mol. The molecule has 2 heterocycles. The largest absolute Gasteiger partial charge is 0.329 e. The van der Waals surface area contributed by atoms with E-state index in [4.69, 9.17) is 5.73 Å². The molecule has 2 aromatic rings. The number of nitrogens with zero attached hydrogens (tertiary/aromatic N) is 3. The van der Waals surface area contributed by atoms with E-state index in [1.807, 2.05) is 10.9 Å². The average Bonchev–Trinajstić information content (AvgIpc) is 3.01. The van der Waals surface area contributed by atoms with Crippen LogP contribution in [0, 0.1) is 0 Å². The first kappa shape index (κ1) is 14.2. The molecule has 0 aliphatic rings. The Hall–Kier alpha value is -1.17. The Morgan fingerprint density at radius 2 is 2.26 bits per heavy atom. The number of hydrogen-bond donors (Lipinski definition) is 1. The fraction of sp³-hybridized carbons (Fsp3) is 0.500. The monoisotopic (exact) mass is 278 g/mol. The first-order chi connectivity index (χ1) is 9.11. The predicted octanol–water partition coefficient (Wildman–Crippen LogP) is 2.66. The molecule has 4 nitrogen and oxygen atoms in total. The number of likely N-dealkylation sites (N-methyl/N-ethyl adjacent to an activating group) is 1. The molecule has 2 N–H and O–H groups in total. The van der Waals surface area contributed by atoms with Crippen molar-refractivity contribution in [1.82, 2.24) is 14.7 Å². The van der Waals surface area contributed by atoms with E-state index >= 15 is 0 Å². The maximum absolute atomic E-state index is 5.94. The number of aromatic nitrogens is 2. The molecule has 0 saturated heterocycles. The van der Waals surface area contributed by atoms with Crippen LogP contribution in [-0.2, 0) is 6.54 Å². The Kier molecular flexibility index (Phi) is 4.74. The second-order valence-electron chi connectivity index (χ2n) is 5.09. The molecule has 0 aliphatic heterocycles. The zero-order valence-electron chi connectivity index (χ0n) is 11.8. The van der Waals surface area contributed by atoms with Crippen LogP contribution >= 0.6 is 11.3 Å². The molecule has 0 fully saturated rings. The van der Waals surface area contributed by atoms with Crippen LogP contribution in [0.5, 0.6) is 0 Å². The second-order valence-corrected chi connectivity index (χ2v) is 6.13. The molecule has 0 bridgehead atoms. The van der Waals surface area contributed by atoms with E-state index in [0.29, 0.717) is 12.6 Å². The standard InChI is InChI=1S/C14H22N4S/c1-11(2)18-9-12(8-16-18)14(7-15)17(3)10-13-5-4-6-19-13/h4-6,8-9,11,14H,7,10,15H2,1-3H3. The van der Waals surface area contributed by atoms with Crippen LogP contribution in [-0.4, -0.2) is 28.3 Å². The highest BCUT2D eigenvalue weighted by Crippen LogP contribution is 2.22. The Morgan fingerprint density at radius 3 is 2.79 bits per heavy atom. The van der Waals surface area contributed by atoms with E-state index < -0.39 is 0 Å². The third-order valence-corrected chi connectivity index (χ3v) is 4.14. The smallest absolute Gasteiger partial charge is 0.0538 e. The van der Waals surface area contributed by atoms with Gasteiger partial charge in [0.05, 0.1) is 12.2 Å². The summed E-state index contributed by atoms with van der Waals surface area (Å²) in [6.07, 6.45) is 4.04. The lowest BCUT2D eigenvalue weighted by Crippen LogP contribution is -2.29. The number of rotatable bonds is 6. The lowest BCUT2D eigenvalue weighted by Gasteiger charge is -2.25. The van der Waals surface area contributed by atoms with Crippen LogP contribution < -0.4 is 5.73 Å². The summed E-state index contributed by atoms with van der Waals surface area (Å²) in [7, 11) is 2.12. The molecule has 0 aliphatic carbocycles. The van der Waals surface area contributed by atoms with Gasteiger partial charge in [0, 0.05) is 35.8 Å². The fourth-order valence-electron chi connectivity index (χ4n) is 2.14. The van der Waals surface area contributed by atoms with Crippen LogP contribution in [0.4, 0.5) is 0 Å². The van der Waals surface area contributed by atoms with Crippen molar-refractivity contribution in [2.24, 2.45) is 5.73 Å². The van der Waals surface area contributed by atoms with Crippen molar-refractivity contribution in [3.05, 3.63) is 40.3 Å². The SMILES string of the molecule is CC(C)n1cc(C(CN)N(C)Cc2cccs2)cn1. The number of nitrogens with two attached hydrogens (primary N) is 1. The predicted molar refractivity (Wildman–Crippen MR) is 80.2 cm³/mol. The highest BCUT2D eigenvalue weighted by Gasteiger charge is 2.18. The van der Waals surface area contributed by atoms with Crippen molar-refractivity contribution in [3.63, 3.8) is 0 Å². The Bertz CT molecular complexity index is 489. The van der Waals surface area contributed by atoms with Gasteiger partial charge >= 0.3 is 0 Å². The van der Waals surface area contributed by atoms with Crippen molar-refractivity contribution in [2.45, 2.75) is 32.5 Å². The highest BCUT2D eigenvalue weighted by atomic mass is 32.1. The topological polar surface area (TPSA) is 47.1 Å². The summed E-state index contributed by atoms with van der Waals surface area (Å²) < 4.78 is 1.98. The molecule has 0 saturated carbocycles. The Morgan fingerprint density at radius 1 is 1.47 bits per heavy atom. The van der Waals surface area contributed by atoms with Crippen molar-refractivity contribution in [2.75, 3.05) is 13.6 Å². The summed E-state index contributed by atoms with van der Waals surface area (Å²) in [4.78, 5) is 3.64. The Balaban J connectivity index is 2.09. The molecular weight excluding hydrogens is 256 g/mol. The van der Waals surface area contributed by atoms with Crippen LogP contribution in [0.3, 0.4) is 0 Å². The molecule has 0 aromatic carbocycles. The van der Waals surface area contributed by atoms with Crippen LogP contribution in [0.25, 0.3) is 0 Å². The summed E-state index contributed by atoms with van der Waals surface area (Å²) in [6.45, 7) is 5.78. The molecule has 5 heteroatoms. The lowest BCUT2D eigenvalue weighted by molar-refractivity contribution is 0.243.